The minimum Gasteiger partial charge on any atom is -0.463 e. The normalized spacial score (nSPS) is 19.3. The van der Waals surface area contributed by atoms with Crippen LogP contribution in [-0.4, -0.2) is 100 Å². The molecule has 0 bridgehead atoms. The van der Waals surface area contributed by atoms with Crippen molar-refractivity contribution in [2.45, 2.75) is 115 Å². The topological polar surface area (TPSA) is 119 Å². The van der Waals surface area contributed by atoms with E-state index in [0.29, 0.717) is 52.5 Å². The fourth-order valence-corrected chi connectivity index (χ4v) is 4.79. The van der Waals surface area contributed by atoms with Crippen molar-refractivity contribution in [3.63, 3.8) is 0 Å². The summed E-state index contributed by atoms with van der Waals surface area (Å²) in [6, 6.07) is 0.0186. The second-order valence-electron chi connectivity index (χ2n) is 10.3. The minimum absolute atomic E-state index is 0.00237. The van der Waals surface area contributed by atoms with Gasteiger partial charge in [-0.2, -0.15) is 0 Å². The molecule has 0 spiro atoms. The first-order valence-electron chi connectivity index (χ1n) is 15.3. The summed E-state index contributed by atoms with van der Waals surface area (Å²) >= 11 is 0. The first kappa shape index (κ1) is 35.2. The van der Waals surface area contributed by atoms with Gasteiger partial charge in [0, 0.05) is 25.6 Å². The van der Waals surface area contributed by atoms with E-state index in [1.54, 1.807) is 0 Å². The summed E-state index contributed by atoms with van der Waals surface area (Å²) in [5.74, 6) is -0.157. The lowest BCUT2D eigenvalue weighted by Gasteiger charge is -2.25. The minimum atomic E-state index is -0.237. The third kappa shape index (κ3) is 19.3. The third-order valence-electron chi connectivity index (χ3n) is 6.97. The summed E-state index contributed by atoms with van der Waals surface area (Å²) in [7, 11) is 0. The van der Waals surface area contributed by atoms with Gasteiger partial charge >= 0.3 is 5.97 Å². The number of carbonyl (C=O) groups excluding carboxylic acids is 1. The number of hydrogen-bond donors (Lipinski definition) is 4. The fraction of sp³-hybridized carbons (Fsp3) is 0.966. The number of nitrogens with one attached hydrogen (secondary N) is 2. The summed E-state index contributed by atoms with van der Waals surface area (Å²) in [4.78, 5) is 12.3. The van der Waals surface area contributed by atoms with Crippen LogP contribution in [0.4, 0.5) is 0 Å². The molecule has 0 amide bonds. The van der Waals surface area contributed by atoms with E-state index in [1.165, 1.54) is 70.6 Å². The molecule has 1 aliphatic rings. The van der Waals surface area contributed by atoms with Crippen molar-refractivity contribution >= 4 is 5.97 Å². The molecule has 1 rings (SSSR count). The lowest BCUT2D eigenvalue weighted by atomic mass is 10.0. The van der Waals surface area contributed by atoms with E-state index in [-0.39, 0.29) is 44.0 Å². The van der Waals surface area contributed by atoms with Gasteiger partial charge in [0.25, 0.3) is 0 Å². The monoisotopic (exact) mass is 546 g/mol. The van der Waals surface area contributed by atoms with Crippen molar-refractivity contribution in [3.05, 3.63) is 0 Å². The van der Waals surface area contributed by atoms with Gasteiger partial charge in [-0.3, -0.25) is 4.79 Å². The van der Waals surface area contributed by atoms with Crippen molar-refractivity contribution < 1.29 is 34.0 Å². The molecule has 0 unspecified atom stereocenters. The molecule has 4 N–H and O–H groups in total. The van der Waals surface area contributed by atoms with Gasteiger partial charge in [-0.15, -0.1) is 0 Å². The summed E-state index contributed by atoms with van der Waals surface area (Å²) in [6.45, 7) is 5.88. The van der Waals surface area contributed by atoms with Crippen LogP contribution in [-0.2, 0) is 23.7 Å². The van der Waals surface area contributed by atoms with Gasteiger partial charge < -0.3 is 39.8 Å². The van der Waals surface area contributed by atoms with Crippen LogP contribution in [0.15, 0.2) is 0 Å². The Morgan fingerprint density at radius 2 is 1.29 bits per heavy atom. The molecule has 1 heterocycles. The first-order valence-corrected chi connectivity index (χ1v) is 15.3. The molecule has 0 aromatic carbocycles. The number of esters is 1. The Labute approximate surface area is 231 Å². The molecular formula is C29H58N2O7. The molecule has 0 aliphatic carbocycles. The Hall–Kier alpha value is -0.810. The smallest absolute Gasteiger partial charge is 0.305 e. The van der Waals surface area contributed by atoms with Crippen LogP contribution in [0.5, 0.6) is 0 Å². The van der Waals surface area contributed by atoms with Gasteiger partial charge in [0.05, 0.1) is 52.3 Å². The number of unbranched alkanes of at least 4 members (excludes halogenated alkanes) is 12. The van der Waals surface area contributed by atoms with E-state index in [1.807, 2.05) is 0 Å². The standard InChI is InChI=1S/C29H58N2O7/c1-2-3-4-5-6-7-8-9-10-11-12-13-14-15-28(34)38-25-27-29(31-17-21-36-23-19-33)26(24-37-27)30-16-20-35-22-18-32/h26-27,29-33H,2-25H2,1H3/t26-,27+,29+/m0/s1. The van der Waals surface area contributed by atoms with Crippen LogP contribution in [0, 0.1) is 0 Å². The maximum atomic E-state index is 12.3. The Bertz CT molecular complexity index is 527. The molecule has 1 aliphatic heterocycles. The largest absolute Gasteiger partial charge is 0.463 e. The molecule has 3 atom stereocenters. The molecule has 1 saturated heterocycles. The number of hydrogen-bond acceptors (Lipinski definition) is 9. The zero-order chi connectivity index (χ0) is 27.5. The summed E-state index contributed by atoms with van der Waals surface area (Å²) < 4.78 is 22.2. The molecule has 226 valence electrons. The highest BCUT2D eigenvalue weighted by Gasteiger charge is 2.37. The lowest BCUT2D eigenvalue weighted by molar-refractivity contribution is -0.147. The van der Waals surface area contributed by atoms with Crippen molar-refractivity contribution in [1.82, 2.24) is 10.6 Å². The molecular weight excluding hydrogens is 488 g/mol. The van der Waals surface area contributed by atoms with Gasteiger partial charge in [0.15, 0.2) is 0 Å². The third-order valence-corrected chi connectivity index (χ3v) is 6.97. The van der Waals surface area contributed by atoms with Gasteiger partial charge in [-0.1, -0.05) is 84.0 Å². The maximum absolute atomic E-state index is 12.3. The average Bonchev–Trinajstić information content (AvgIpc) is 3.31. The number of aliphatic hydroxyl groups is 2. The number of ether oxygens (including phenoxy) is 4. The van der Waals surface area contributed by atoms with Crippen molar-refractivity contribution in [3.8, 4) is 0 Å². The predicted molar refractivity (Wildman–Crippen MR) is 150 cm³/mol. The zero-order valence-electron chi connectivity index (χ0n) is 24.1. The van der Waals surface area contributed by atoms with Crippen molar-refractivity contribution in [2.24, 2.45) is 0 Å². The summed E-state index contributed by atoms with van der Waals surface area (Å²) in [5.41, 5.74) is 0. The molecule has 0 saturated carbocycles. The first-order chi connectivity index (χ1) is 18.7. The molecule has 38 heavy (non-hydrogen) atoms. The lowest BCUT2D eigenvalue weighted by Crippen LogP contribution is -2.52. The quantitative estimate of drug-likeness (QED) is 0.0865. The Kier molecular flexibility index (Phi) is 24.5. The van der Waals surface area contributed by atoms with Crippen LogP contribution < -0.4 is 10.6 Å². The Balaban J connectivity index is 2.15. The molecule has 0 aromatic heterocycles. The van der Waals surface area contributed by atoms with E-state index in [9.17, 15) is 4.79 Å². The number of rotatable bonds is 28. The van der Waals surface area contributed by atoms with Crippen LogP contribution in [0.3, 0.4) is 0 Å². The number of aliphatic hydroxyl groups excluding tert-OH is 2. The second-order valence-corrected chi connectivity index (χ2v) is 10.3. The Morgan fingerprint density at radius 3 is 1.84 bits per heavy atom. The van der Waals surface area contributed by atoms with Crippen LogP contribution in [0.2, 0.25) is 0 Å². The highest BCUT2D eigenvalue weighted by atomic mass is 16.6. The molecule has 0 radical (unpaired) electrons. The summed E-state index contributed by atoms with van der Waals surface area (Å²) in [6.07, 6.45) is 16.9. The molecule has 0 aromatic rings. The zero-order valence-corrected chi connectivity index (χ0v) is 24.1. The fourth-order valence-electron chi connectivity index (χ4n) is 4.79. The molecule has 1 fully saturated rings. The van der Waals surface area contributed by atoms with E-state index >= 15 is 0 Å². The highest BCUT2D eigenvalue weighted by molar-refractivity contribution is 5.69. The van der Waals surface area contributed by atoms with Crippen molar-refractivity contribution in [2.75, 3.05) is 65.9 Å². The highest BCUT2D eigenvalue weighted by Crippen LogP contribution is 2.16. The van der Waals surface area contributed by atoms with E-state index in [4.69, 9.17) is 29.2 Å². The SMILES string of the molecule is CCCCCCCCCCCCCCCC(=O)OC[C@H]1OC[C@H](NCCOCCO)[C@H]1NCCOCCO. The maximum Gasteiger partial charge on any atom is 0.305 e. The van der Waals surface area contributed by atoms with Crippen LogP contribution in [0.25, 0.3) is 0 Å². The van der Waals surface area contributed by atoms with E-state index in [0.717, 1.165) is 12.8 Å². The van der Waals surface area contributed by atoms with E-state index < -0.39 is 0 Å². The van der Waals surface area contributed by atoms with E-state index in [2.05, 4.69) is 17.6 Å². The van der Waals surface area contributed by atoms with Gasteiger partial charge in [-0.05, 0) is 6.42 Å². The van der Waals surface area contributed by atoms with Crippen LogP contribution >= 0.6 is 0 Å². The second kappa shape index (κ2) is 26.4. The van der Waals surface area contributed by atoms with Gasteiger partial charge in [0.1, 0.15) is 12.7 Å². The van der Waals surface area contributed by atoms with Gasteiger partial charge in [0.2, 0.25) is 0 Å². The Morgan fingerprint density at radius 1 is 0.763 bits per heavy atom. The number of carbonyl (C=O) groups is 1. The van der Waals surface area contributed by atoms with Gasteiger partial charge in [-0.25, -0.2) is 0 Å². The predicted octanol–water partition coefficient (Wildman–Crippen LogP) is 3.34. The van der Waals surface area contributed by atoms with Crippen LogP contribution in [0.1, 0.15) is 96.8 Å². The van der Waals surface area contributed by atoms with Crippen molar-refractivity contribution in [1.29, 1.82) is 0 Å². The molecule has 9 nitrogen and oxygen atoms in total. The molecule has 9 heteroatoms. The summed E-state index contributed by atoms with van der Waals surface area (Å²) in [5, 5.41) is 24.6. The average molecular weight is 547 g/mol.